The summed E-state index contributed by atoms with van der Waals surface area (Å²) in [6, 6.07) is 5.63. The molecule has 4 heteroatoms. The second-order valence-corrected chi connectivity index (χ2v) is 6.28. The molecule has 0 spiro atoms. The molecule has 3 nitrogen and oxygen atoms in total. The maximum absolute atomic E-state index is 12.3. The van der Waals surface area contributed by atoms with E-state index < -0.39 is 0 Å². The van der Waals surface area contributed by atoms with E-state index in [4.69, 9.17) is 5.73 Å². The molecule has 0 bridgehead atoms. The molecule has 0 unspecified atom stereocenters. The van der Waals surface area contributed by atoms with E-state index in [1.807, 2.05) is 25.2 Å². The molecule has 2 rings (SSSR count). The van der Waals surface area contributed by atoms with Crippen LogP contribution in [0.4, 0.5) is 11.4 Å². The zero-order valence-electron chi connectivity index (χ0n) is 11.4. The third-order valence-corrected chi connectivity index (χ3v) is 4.41. The summed E-state index contributed by atoms with van der Waals surface area (Å²) in [7, 11) is 1.81. The van der Waals surface area contributed by atoms with Crippen LogP contribution in [0.25, 0.3) is 0 Å². The van der Waals surface area contributed by atoms with Gasteiger partial charge in [0, 0.05) is 17.9 Å². The van der Waals surface area contributed by atoms with E-state index >= 15 is 0 Å². The van der Waals surface area contributed by atoms with Crippen LogP contribution in [0.2, 0.25) is 0 Å². The van der Waals surface area contributed by atoms with Gasteiger partial charge in [-0.3, -0.25) is 4.79 Å². The van der Waals surface area contributed by atoms with Crippen LogP contribution >= 0.6 is 15.9 Å². The molecule has 1 aromatic carbocycles. The number of halogens is 1. The Morgan fingerprint density at radius 2 is 2.05 bits per heavy atom. The Bertz CT molecular complexity index is 455. The lowest BCUT2D eigenvalue weighted by molar-refractivity contribution is -0.119. The van der Waals surface area contributed by atoms with Crippen LogP contribution in [0, 0.1) is 5.92 Å². The number of rotatable bonds is 3. The highest BCUT2D eigenvalue weighted by atomic mass is 79.9. The Kier molecular flexibility index (Phi) is 4.86. The lowest BCUT2D eigenvalue weighted by Gasteiger charge is -2.25. The van der Waals surface area contributed by atoms with Crippen LogP contribution in [-0.2, 0) is 4.79 Å². The molecule has 1 amide bonds. The maximum atomic E-state index is 12.3. The second-order valence-electron chi connectivity index (χ2n) is 5.36. The molecule has 2 N–H and O–H groups in total. The van der Waals surface area contributed by atoms with Crippen molar-refractivity contribution in [2.24, 2.45) is 5.92 Å². The van der Waals surface area contributed by atoms with E-state index in [1.54, 1.807) is 4.90 Å². The topological polar surface area (TPSA) is 46.3 Å². The molecule has 0 atom stereocenters. The molecule has 104 valence electrons. The standard InChI is InChI=1S/C15H21BrN2O/c1-18(14-8-7-12(16)10-13(14)17)15(19)9-11-5-3-2-4-6-11/h7-8,10-11H,2-6,9,17H2,1H3. The first-order chi connectivity index (χ1) is 9.08. The highest BCUT2D eigenvalue weighted by Crippen LogP contribution is 2.30. The van der Waals surface area contributed by atoms with E-state index in [-0.39, 0.29) is 5.91 Å². The Morgan fingerprint density at radius 3 is 2.68 bits per heavy atom. The molecule has 0 aromatic heterocycles. The number of carbonyl (C=O) groups is 1. The summed E-state index contributed by atoms with van der Waals surface area (Å²) in [5, 5.41) is 0. The molecular formula is C15H21BrN2O. The zero-order chi connectivity index (χ0) is 13.8. The van der Waals surface area contributed by atoms with Gasteiger partial charge in [0.25, 0.3) is 0 Å². The number of hydrogen-bond donors (Lipinski definition) is 1. The molecule has 0 saturated heterocycles. The monoisotopic (exact) mass is 324 g/mol. The fourth-order valence-corrected chi connectivity index (χ4v) is 3.12. The molecule has 1 saturated carbocycles. The quantitative estimate of drug-likeness (QED) is 0.855. The van der Waals surface area contributed by atoms with Crippen molar-refractivity contribution >= 4 is 33.2 Å². The van der Waals surface area contributed by atoms with E-state index in [0.717, 1.165) is 10.2 Å². The van der Waals surface area contributed by atoms with Gasteiger partial charge in [-0.1, -0.05) is 35.2 Å². The first-order valence-electron chi connectivity index (χ1n) is 6.89. The summed E-state index contributed by atoms with van der Waals surface area (Å²) in [4.78, 5) is 14.0. The molecule has 0 radical (unpaired) electrons. The number of anilines is 2. The molecule has 1 aliphatic carbocycles. The molecule has 1 aliphatic rings. The second kappa shape index (κ2) is 6.42. The minimum Gasteiger partial charge on any atom is -0.397 e. The predicted octanol–water partition coefficient (Wildman–Crippen LogP) is 3.96. The molecule has 0 heterocycles. The average Bonchev–Trinajstić information content (AvgIpc) is 2.39. The average molecular weight is 325 g/mol. The van der Waals surface area contributed by atoms with Crippen LogP contribution in [-0.4, -0.2) is 13.0 Å². The summed E-state index contributed by atoms with van der Waals surface area (Å²) < 4.78 is 0.932. The third-order valence-electron chi connectivity index (χ3n) is 3.91. The van der Waals surface area contributed by atoms with Crippen molar-refractivity contribution in [2.75, 3.05) is 17.7 Å². The number of nitrogens with two attached hydrogens (primary N) is 1. The fourth-order valence-electron chi connectivity index (χ4n) is 2.74. The van der Waals surface area contributed by atoms with Crippen LogP contribution < -0.4 is 10.6 Å². The minimum absolute atomic E-state index is 0.168. The van der Waals surface area contributed by atoms with Gasteiger partial charge >= 0.3 is 0 Å². The fraction of sp³-hybridized carbons (Fsp3) is 0.533. The van der Waals surface area contributed by atoms with E-state index in [1.165, 1.54) is 32.1 Å². The SMILES string of the molecule is CN(C(=O)CC1CCCCC1)c1ccc(Br)cc1N. The van der Waals surface area contributed by atoms with Gasteiger partial charge in [0.2, 0.25) is 5.91 Å². The summed E-state index contributed by atoms with van der Waals surface area (Å²) in [5.74, 6) is 0.723. The molecular weight excluding hydrogens is 304 g/mol. The van der Waals surface area contributed by atoms with Gasteiger partial charge in [-0.25, -0.2) is 0 Å². The first-order valence-corrected chi connectivity index (χ1v) is 7.69. The lowest BCUT2D eigenvalue weighted by atomic mass is 9.86. The van der Waals surface area contributed by atoms with Crippen LogP contribution in [0.3, 0.4) is 0 Å². The number of benzene rings is 1. The zero-order valence-corrected chi connectivity index (χ0v) is 12.9. The third kappa shape index (κ3) is 3.72. The van der Waals surface area contributed by atoms with E-state index in [0.29, 0.717) is 18.0 Å². The van der Waals surface area contributed by atoms with Gasteiger partial charge in [-0.15, -0.1) is 0 Å². The van der Waals surface area contributed by atoms with Crippen molar-refractivity contribution in [3.8, 4) is 0 Å². The van der Waals surface area contributed by atoms with Gasteiger partial charge < -0.3 is 10.6 Å². The number of nitrogens with zero attached hydrogens (tertiary/aromatic N) is 1. The van der Waals surface area contributed by atoms with Crippen molar-refractivity contribution < 1.29 is 4.79 Å². The van der Waals surface area contributed by atoms with Crippen LogP contribution in [0.5, 0.6) is 0 Å². The Balaban J connectivity index is 2.01. The van der Waals surface area contributed by atoms with Gasteiger partial charge in [-0.2, -0.15) is 0 Å². The Morgan fingerprint density at radius 1 is 1.37 bits per heavy atom. The summed E-state index contributed by atoms with van der Waals surface area (Å²) in [6.45, 7) is 0. The molecule has 1 aromatic rings. The first kappa shape index (κ1) is 14.4. The smallest absolute Gasteiger partial charge is 0.227 e. The number of carbonyl (C=O) groups excluding carboxylic acids is 1. The van der Waals surface area contributed by atoms with Crippen molar-refractivity contribution in [1.82, 2.24) is 0 Å². The van der Waals surface area contributed by atoms with Crippen molar-refractivity contribution in [3.05, 3.63) is 22.7 Å². The molecule has 0 aliphatic heterocycles. The number of amides is 1. The van der Waals surface area contributed by atoms with Gasteiger partial charge in [0.05, 0.1) is 11.4 Å². The van der Waals surface area contributed by atoms with E-state index in [9.17, 15) is 4.79 Å². The maximum Gasteiger partial charge on any atom is 0.227 e. The minimum atomic E-state index is 0.168. The number of nitrogen functional groups attached to an aromatic ring is 1. The summed E-state index contributed by atoms with van der Waals surface area (Å²) in [5.41, 5.74) is 7.40. The van der Waals surface area contributed by atoms with Crippen molar-refractivity contribution in [1.29, 1.82) is 0 Å². The predicted molar refractivity (Wildman–Crippen MR) is 83.2 cm³/mol. The van der Waals surface area contributed by atoms with Crippen LogP contribution in [0.1, 0.15) is 38.5 Å². The molecule has 1 fully saturated rings. The Hall–Kier alpha value is -1.03. The largest absolute Gasteiger partial charge is 0.397 e. The van der Waals surface area contributed by atoms with Gasteiger partial charge in [0.15, 0.2) is 0 Å². The van der Waals surface area contributed by atoms with E-state index in [2.05, 4.69) is 15.9 Å². The van der Waals surface area contributed by atoms with Gasteiger partial charge in [-0.05, 0) is 37.0 Å². The van der Waals surface area contributed by atoms with Gasteiger partial charge in [0.1, 0.15) is 0 Å². The lowest BCUT2D eigenvalue weighted by Crippen LogP contribution is -2.29. The highest BCUT2D eigenvalue weighted by Gasteiger charge is 2.20. The highest BCUT2D eigenvalue weighted by molar-refractivity contribution is 9.10. The van der Waals surface area contributed by atoms with Crippen molar-refractivity contribution in [2.45, 2.75) is 38.5 Å². The normalized spacial score (nSPS) is 16.3. The number of hydrogen-bond acceptors (Lipinski definition) is 2. The summed E-state index contributed by atoms with van der Waals surface area (Å²) >= 11 is 3.38. The van der Waals surface area contributed by atoms with Crippen molar-refractivity contribution in [3.63, 3.8) is 0 Å². The Labute approximate surface area is 123 Å². The summed E-state index contributed by atoms with van der Waals surface area (Å²) in [6.07, 6.45) is 6.88. The molecule has 19 heavy (non-hydrogen) atoms. The van der Waals surface area contributed by atoms with Crippen LogP contribution in [0.15, 0.2) is 22.7 Å².